The fourth-order valence-electron chi connectivity index (χ4n) is 2.49. The summed E-state index contributed by atoms with van der Waals surface area (Å²) >= 11 is 9.59. The molecular formula is C17H16BrClN2O3. The first-order valence-electron chi connectivity index (χ1n) is 7.43. The van der Waals surface area contributed by atoms with Crippen molar-refractivity contribution in [3.8, 4) is 11.5 Å². The first-order chi connectivity index (χ1) is 11.3. The van der Waals surface area contributed by atoms with Crippen molar-refractivity contribution in [1.82, 2.24) is 0 Å². The highest BCUT2D eigenvalue weighted by atomic mass is 79.9. The van der Waals surface area contributed by atoms with Crippen LogP contribution in [0.15, 0.2) is 46.1 Å². The maximum atomic E-state index is 11.3. The summed E-state index contributed by atoms with van der Waals surface area (Å²) in [5.74, 6) is 1.23. The number of rotatable bonds is 4. The predicted octanol–water partition coefficient (Wildman–Crippen LogP) is 4.12. The third kappa shape index (κ3) is 3.82. The summed E-state index contributed by atoms with van der Waals surface area (Å²) in [5.41, 5.74) is 1.11. The van der Waals surface area contributed by atoms with Crippen molar-refractivity contribution in [3.63, 3.8) is 0 Å². The average Bonchev–Trinajstić information content (AvgIpc) is 2.48. The Hall–Kier alpha value is -1.79. The molecule has 2 heterocycles. The van der Waals surface area contributed by atoms with Gasteiger partial charge in [0.15, 0.2) is 17.7 Å². The third-order valence-electron chi connectivity index (χ3n) is 3.45. The number of hydrogen-bond donors (Lipinski definition) is 0. The van der Waals surface area contributed by atoms with Crippen LogP contribution < -0.4 is 14.2 Å². The molecule has 1 aliphatic rings. The molecule has 2 aromatic rings. The average molecular weight is 412 g/mol. The quantitative estimate of drug-likeness (QED) is 0.561. The van der Waals surface area contributed by atoms with Gasteiger partial charge in [-0.2, -0.15) is 4.73 Å². The van der Waals surface area contributed by atoms with E-state index in [9.17, 15) is 5.21 Å². The van der Waals surface area contributed by atoms with E-state index in [4.69, 9.17) is 21.1 Å². The summed E-state index contributed by atoms with van der Waals surface area (Å²) in [6.45, 7) is 4.19. The minimum absolute atomic E-state index is 0.401. The van der Waals surface area contributed by atoms with Crippen LogP contribution in [0.2, 0.25) is 5.02 Å². The lowest BCUT2D eigenvalue weighted by atomic mass is 10.0. The molecule has 1 aromatic heterocycles. The molecule has 0 bridgehead atoms. The molecule has 3 rings (SSSR count). The first kappa shape index (κ1) is 17.0. The molecule has 24 heavy (non-hydrogen) atoms. The lowest BCUT2D eigenvalue weighted by Crippen LogP contribution is -2.32. The van der Waals surface area contributed by atoms with Crippen molar-refractivity contribution in [3.05, 3.63) is 56.9 Å². The number of aromatic nitrogens is 1. The molecule has 126 valence electrons. The molecule has 1 aliphatic heterocycles. The van der Waals surface area contributed by atoms with E-state index in [-0.39, 0.29) is 0 Å². The van der Waals surface area contributed by atoms with Gasteiger partial charge in [-0.3, -0.25) is 0 Å². The van der Waals surface area contributed by atoms with Gasteiger partial charge in [0.05, 0.1) is 17.3 Å². The van der Waals surface area contributed by atoms with Gasteiger partial charge in [-0.1, -0.05) is 11.6 Å². The van der Waals surface area contributed by atoms with Crippen LogP contribution in [0.5, 0.6) is 11.5 Å². The molecule has 0 aliphatic carbocycles. The summed E-state index contributed by atoms with van der Waals surface area (Å²) < 4.78 is 13.0. The van der Waals surface area contributed by atoms with Crippen LogP contribution in [0.25, 0.3) is 0 Å². The van der Waals surface area contributed by atoms with Gasteiger partial charge >= 0.3 is 0 Å². The maximum Gasteiger partial charge on any atom is 0.222 e. The summed E-state index contributed by atoms with van der Waals surface area (Å²) in [6.07, 6.45) is 3.39. The Labute approximate surface area is 153 Å². The molecule has 0 spiro atoms. The van der Waals surface area contributed by atoms with E-state index in [0.717, 1.165) is 15.7 Å². The van der Waals surface area contributed by atoms with E-state index in [2.05, 4.69) is 20.9 Å². The fraction of sp³-hybridized carbons (Fsp3) is 0.294. The summed E-state index contributed by atoms with van der Waals surface area (Å²) in [4.78, 5) is 4.66. The Kier molecular flexibility index (Phi) is 4.69. The van der Waals surface area contributed by atoms with Crippen LogP contribution in [0.4, 0.5) is 0 Å². The second-order valence-corrected chi connectivity index (χ2v) is 7.13. The first-order valence-corrected chi connectivity index (χ1v) is 8.60. The van der Waals surface area contributed by atoms with Gasteiger partial charge in [-0.25, -0.2) is 4.99 Å². The number of halogens is 2. The molecule has 7 heteroatoms. The number of pyridine rings is 1. The second-order valence-electron chi connectivity index (χ2n) is 5.87. The molecule has 0 saturated heterocycles. The Balaban J connectivity index is 1.79. The molecular weight excluding hydrogens is 396 g/mol. The molecule has 0 atom stereocenters. The zero-order valence-corrected chi connectivity index (χ0v) is 15.6. The summed E-state index contributed by atoms with van der Waals surface area (Å²) in [5, 5.41) is 11.8. The summed E-state index contributed by atoms with van der Waals surface area (Å²) in [6, 6.07) is 7.08. The fourth-order valence-corrected chi connectivity index (χ4v) is 2.99. The maximum absolute atomic E-state index is 11.3. The van der Waals surface area contributed by atoms with E-state index in [1.54, 1.807) is 18.2 Å². The van der Waals surface area contributed by atoms with Crippen molar-refractivity contribution < 1.29 is 14.2 Å². The van der Waals surface area contributed by atoms with Crippen molar-refractivity contribution in [1.29, 1.82) is 0 Å². The van der Waals surface area contributed by atoms with Gasteiger partial charge in [0.25, 0.3) is 0 Å². The van der Waals surface area contributed by atoms with E-state index in [0.29, 0.717) is 34.3 Å². The normalized spacial score (nSPS) is 15.2. The molecule has 0 radical (unpaired) electrons. The largest absolute Gasteiger partial charge is 0.619 e. The third-order valence-corrected chi connectivity index (χ3v) is 4.65. The van der Waals surface area contributed by atoms with E-state index in [1.165, 1.54) is 12.4 Å². The van der Waals surface area contributed by atoms with Gasteiger partial charge in [0.1, 0.15) is 5.75 Å². The van der Waals surface area contributed by atoms with Gasteiger partial charge < -0.3 is 14.7 Å². The molecule has 0 amide bonds. The van der Waals surface area contributed by atoms with Gasteiger partial charge in [0, 0.05) is 28.6 Å². The molecule has 1 aromatic carbocycles. The molecule has 0 unspecified atom stereocenters. The predicted molar refractivity (Wildman–Crippen MR) is 95.9 cm³/mol. The van der Waals surface area contributed by atoms with Crippen molar-refractivity contribution in [2.24, 2.45) is 4.99 Å². The van der Waals surface area contributed by atoms with Crippen LogP contribution >= 0.6 is 27.5 Å². The zero-order valence-electron chi connectivity index (χ0n) is 13.3. The highest BCUT2D eigenvalue weighted by Gasteiger charge is 2.28. The number of aliphatic imine (C=N–C) groups is 1. The van der Waals surface area contributed by atoms with Gasteiger partial charge in [0.2, 0.25) is 6.20 Å². The van der Waals surface area contributed by atoms with E-state index >= 15 is 0 Å². The Morgan fingerprint density at radius 1 is 1.42 bits per heavy atom. The van der Waals surface area contributed by atoms with Crippen molar-refractivity contribution >= 4 is 33.2 Å². The second kappa shape index (κ2) is 6.61. The number of hydrogen-bond acceptors (Lipinski definition) is 4. The smallest absolute Gasteiger partial charge is 0.222 e. The number of nitrogens with zero attached hydrogens (tertiary/aromatic N) is 2. The Morgan fingerprint density at radius 3 is 2.96 bits per heavy atom. The number of fused-ring (bicyclic) bond motifs is 1. The SMILES string of the molecule is CC1(C)N=C(CCOc2ccc[n+]([O-])c2)c2cc(Br)c(Cl)cc2O1. The highest BCUT2D eigenvalue weighted by Crippen LogP contribution is 2.37. The van der Waals surface area contributed by atoms with Crippen molar-refractivity contribution in [2.45, 2.75) is 26.0 Å². The van der Waals surface area contributed by atoms with Gasteiger partial charge in [-0.05, 0) is 41.9 Å². The minimum atomic E-state index is -0.662. The van der Waals surface area contributed by atoms with E-state index < -0.39 is 5.72 Å². The van der Waals surface area contributed by atoms with Crippen LogP contribution in [0, 0.1) is 5.21 Å². The van der Waals surface area contributed by atoms with Gasteiger partial charge in [-0.15, -0.1) is 0 Å². The van der Waals surface area contributed by atoms with Crippen LogP contribution in [0.1, 0.15) is 25.8 Å². The lowest BCUT2D eigenvalue weighted by molar-refractivity contribution is -0.605. The standard InChI is InChI=1S/C17H16BrClN2O3/c1-17(2)20-15(5-7-23-11-4-3-6-21(22)10-11)12-8-13(18)14(19)9-16(12)24-17/h3-4,6,8-10H,5,7H2,1-2H3. The highest BCUT2D eigenvalue weighted by molar-refractivity contribution is 9.10. The molecule has 0 fully saturated rings. The van der Waals surface area contributed by atoms with Crippen LogP contribution in [-0.4, -0.2) is 18.0 Å². The number of benzene rings is 1. The number of ether oxygens (including phenoxy) is 2. The molecule has 0 N–H and O–H groups in total. The minimum Gasteiger partial charge on any atom is -0.619 e. The Morgan fingerprint density at radius 2 is 2.21 bits per heavy atom. The van der Waals surface area contributed by atoms with Crippen LogP contribution in [-0.2, 0) is 0 Å². The summed E-state index contributed by atoms with van der Waals surface area (Å²) in [7, 11) is 0. The van der Waals surface area contributed by atoms with E-state index in [1.807, 2.05) is 19.9 Å². The lowest BCUT2D eigenvalue weighted by Gasteiger charge is -2.30. The molecule has 5 nitrogen and oxygen atoms in total. The Bertz CT molecular complexity index is 808. The van der Waals surface area contributed by atoms with Crippen molar-refractivity contribution in [2.75, 3.05) is 6.61 Å². The molecule has 0 saturated carbocycles. The zero-order chi connectivity index (χ0) is 17.3. The van der Waals surface area contributed by atoms with Crippen LogP contribution in [0.3, 0.4) is 0 Å². The topological polar surface area (TPSA) is 57.8 Å². The monoisotopic (exact) mass is 410 g/mol.